The number of halogens is 1. The normalized spacial score (nSPS) is 22.6. The van der Waals surface area contributed by atoms with Crippen molar-refractivity contribution >= 4 is 11.9 Å². The SMILES string of the molecule is O=C1NC2(CCCc3ccccc32)C(=O)N1Cc1cccc(F)c1. The molecular formula is C19H17FN2O2. The number of fused-ring (bicyclic) bond motifs is 2. The summed E-state index contributed by atoms with van der Waals surface area (Å²) in [6, 6.07) is 13.3. The smallest absolute Gasteiger partial charge is 0.319 e. The minimum Gasteiger partial charge on any atom is -0.319 e. The van der Waals surface area contributed by atoms with Crippen LogP contribution in [0.3, 0.4) is 0 Å². The molecule has 122 valence electrons. The molecule has 1 spiro atoms. The summed E-state index contributed by atoms with van der Waals surface area (Å²) in [6.07, 6.45) is 2.34. The highest BCUT2D eigenvalue weighted by Gasteiger charge is 2.53. The summed E-state index contributed by atoms with van der Waals surface area (Å²) < 4.78 is 13.4. The Hall–Kier alpha value is -2.69. The topological polar surface area (TPSA) is 49.4 Å². The predicted octanol–water partition coefficient (Wildman–Crippen LogP) is 3.11. The highest BCUT2D eigenvalue weighted by atomic mass is 19.1. The van der Waals surface area contributed by atoms with Gasteiger partial charge in [0.1, 0.15) is 11.4 Å². The van der Waals surface area contributed by atoms with Gasteiger partial charge in [-0.3, -0.25) is 9.69 Å². The number of amides is 3. The second-order valence-electron chi connectivity index (χ2n) is 6.37. The molecular weight excluding hydrogens is 307 g/mol. The number of aryl methyl sites for hydroxylation is 1. The zero-order chi connectivity index (χ0) is 16.7. The first-order chi connectivity index (χ1) is 11.6. The lowest BCUT2D eigenvalue weighted by atomic mass is 9.76. The minimum absolute atomic E-state index is 0.0757. The molecule has 1 saturated heterocycles. The van der Waals surface area contributed by atoms with Gasteiger partial charge in [0.05, 0.1) is 6.54 Å². The Morgan fingerprint density at radius 3 is 2.79 bits per heavy atom. The number of carbonyl (C=O) groups is 2. The molecule has 24 heavy (non-hydrogen) atoms. The van der Waals surface area contributed by atoms with E-state index >= 15 is 0 Å². The quantitative estimate of drug-likeness (QED) is 0.863. The number of carbonyl (C=O) groups excluding carboxylic acids is 2. The summed E-state index contributed by atoms with van der Waals surface area (Å²) in [7, 11) is 0. The van der Waals surface area contributed by atoms with Gasteiger partial charge < -0.3 is 5.32 Å². The van der Waals surface area contributed by atoms with Crippen molar-refractivity contribution in [3.05, 3.63) is 71.0 Å². The number of imide groups is 1. The maximum atomic E-state index is 13.4. The summed E-state index contributed by atoms with van der Waals surface area (Å²) in [5.74, 6) is -0.624. The zero-order valence-corrected chi connectivity index (χ0v) is 13.1. The Morgan fingerprint density at radius 2 is 1.96 bits per heavy atom. The molecule has 5 heteroatoms. The van der Waals surface area contributed by atoms with Crippen molar-refractivity contribution in [2.75, 3.05) is 0 Å². The van der Waals surface area contributed by atoms with Crippen LogP contribution >= 0.6 is 0 Å². The van der Waals surface area contributed by atoms with Gasteiger partial charge in [-0.15, -0.1) is 0 Å². The maximum Gasteiger partial charge on any atom is 0.325 e. The number of nitrogens with zero attached hydrogens (tertiary/aromatic N) is 1. The van der Waals surface area contributed by atoms with Gasteiger partial charge in [-0.2, -0.15) is 0 Å². The van der Waals surface area contributed by atoms with Crippen LogP contribution in [0.1, 0.15) is 29.5 Å². The summed E-state index contributed by atoms with van der Waals surface area (Å²) in [6.45, 7) is 0.0757. The largest absolute Gasteiger partial charge is 0.325 e. The molecule has 4 rings (SSSR count). The molecule has 0 aromatic heterocycles. The standard InChI is InChI=1S/C19H17FN2O2/c20-15-8-3-5-13(11-15)12-22-17(23)19(21-18(22)24)10-4-7-14-6-1-2-9-16(14)19/h1-3,5-6,8-9,11H,4,7,10,12H2,(H,21,24). The molecule has 0 saturated carbocycles. The van der Waals surface area contributed by atoms with Crippen LogP contribution in [0, 0.1) is 5.82 Å². The molecule has 1 fully saturated rings. The van der Waals surface area contributed by atoms with Crippen LogP contribution in [0.15, 0.2) is 48.5 Å². The lowest BCUT2D eigenvalue weighted by molar-refractivity contribution is -0.132. The highest BCUT2D eigenvalue weighted by molar-refractivity contribution is 6.07. The number of urea groups is 1. The van der Waals surface area contributed by atoms with Gasteiger partial charge in [0.15, 0.2) is 0 Å². The molecule has 2 aromatic rings. The van der Waals surface area contributed by atoms with E-state index in [0.29, 0.717) is 12.0 Å². The predicted molar refractivity (Wildman–Crippen MR) is 86.5 cm³/mol. The lowest BCUT2D eigenvalue weighted by Crippen LogP contribution is -2.46. The average Bonchev–Trinajstić information content (AvgIpc) is 2.80. The van der Waals surface area contributed by atoms with E-state index in [9.17, 15) is 14.0 Å². The molecule has 1 N–H and O–H groups in total. The highest BCUT2D eigenvalue weighted by Crippen LogP contribution is 2.40. The van der Waals surface area contributed by atoms with Gasteiger partial charge in [0.2, 0.25) is 0 Å². The first-order valence-corrected chi connectivity index (χ1v) is 8.07. The molecule has 2 aromatic carbocycles. The van der Waals surface area contributed by atoms with Crippen LogP contribution in [0.2, 0.25) is 0 Å². The van der Waals surface area contributed by atoms with Crippen LogP contribution in [-0.4, -0.2) is 16.8 Å². The van der Waals surface area contributed by atoms with E-state index in [-0.39, 0.29) is 18.3 Å². The van der Waals surface area contributed by atoms with Crippen molar-refractivity contribution in [1.82, 2.24) is 10.2 Å². The molecule has 1 aliphatic carbocycles. The van der Waals surface area contributed by atoms with Gasteiger partial charge in [-0.05, 0) is 48.1 Å². The summed E-state index contributed by atoms with van der Waals surface area (Å²) in [5, 5.41) is 2.90. The Morgan fingerprint density at radius 1 is 1.12 bits per heavy atom. The van der Waals surface area contributed by atoms with Gasteiger partial charge in [-0.1, -0.05) is 36.4 Å². The molecule has 1 heterocycles. The molecule has 2 aliphatic rings. The van der Waals surface area contributed by atoms with Gasteiger partial charge >= 0.3 is 6.03 Å². The van der Waals surface area contributed by atoms with E-state index in [1.807, 2.05) is 24.3 Å². The summed E-state index contributed by atoms with van der Waals surface area (Å²) in [4.78, 5) is 26.7. The summed E-state index contributed by atoms with van der Waals surface area (Å²) in [5.41, 5.74) is 1.61. The Bertz CT molecular complexity index is 836. The molecule has 4 nitrogen and oxygen atoms in total. The van der Waals surface area contributed by atoms with Crippen molar-refractivity contribution in [2.24, 2.45) is 0 Å². The van der Waals surface area contributed by atoms with E-state index in [4.69, 9.17) is 0 Å². The maximum absolute atomic E-state index is 13.4. The van der Waals surface area contributed by atoms with Crippen molar-refractivity contribution < 1.29 is 14.0 Å². The Kier molecular flexibility index (Phi) is 3.37. The lowest BCUT2D eigenvalue weighted by Gasteiger charge is -2.33. The van der Waals surface area contributed by atoms with Crippen molar-refractivity contribution in [3.63, 3.8) is 0 Å². The Labute approximate surface area is 139 Å². The third kappa shape index (κ3) is 2.19. The van der Waals surface area contributed by atoms with Gasteiger partial charge in [0.25, 0.3) is 5.91 Å². The van der Waals surface area contributed by atoms with E-state index < -0.39 is 11.6 Å². The number of hydrogen-bond donors (Lipinski definition) is 1. The summed E-state index contributed by atoms with van der Waals surface area (Å²) >= 11 is 0. The van der Waals surface area contributed by atoms with Gasteiger partial charge in [0, 0.05) is 0 Å². The first-order valence-electron chi connectivity index (χ1n) is 8.07. The second kappa shape index (κ2) is 5.44. The van der Waals surface area contributed by atoms with Crippen LogP contribution in [0.4, 0.5) is 9.18 Å². The van der Waals surface area contributed by atoms with Crippen molar-refractivity contribution in [3.8, 4) is 0 Å². The minimum atomic E-state index is -0.973. The molecule has 0 radical (unpaired) electrons. The number of nitrogens with one attached hydrogen (secondary N) is 1. The molecule has 1 atom stereocenters. The molecule has 1 unspecified atom stereocenters. The third-order valence-electron chi connectivity index (χ3n) is 4.88. The second-order valence-corrected chi connectivity index (χ2v) is 6.37. The number of hydrogen-bond acceptors (Lipinski definition) is 2. The van der Waals surface area contributed by atoms with E-state index in [2.05, 4.69) is 5.32 Å². The molecule has 3 amide bonds. The average molecular weight is 324 g/mol. The molecule has 0 bridgehead atoms. The van der Waals surface area contributed by atoms with Crippen LogP contribution < -0.4 is 5.32 Å². The Balaban J connectivity index is 1.70. The van der Waals surface area contributed by atoms with E-state index in [0.717, 1.165) is 24.0 Å². The van der Waals surface area contributed by atoms with Crippen molar-refractivity contribution in [1.29, 1.82) is 0 Å². The first kappa shape index (κ1) is 14.9. The monoisotopic (exact) mass is 324 g/mol. The van der Waals surface area contributed by atoms with E-state index in [1.54, 1.807) is 12.1 Å². The van der Waals surface area contributed by atoms with Crippen LogP contribution in [0.5, 0.6) is 0 Å². The van der Waals surface area contributed by atoms with Crippen molar-refractivity contribution in [2.45, 2.75) is 31.3 Å². The number of benzene rings is 2. The van der Waals surface area contributed by atoms with Gasteiger partial charge in [-0.25, -0.2) is 9.18 Å². The van der Waals surface area contributed by atoms with Crippen LogP contribution in [-0.2, 0) is 23.3 Å². The zero-order valence-electron chi connectivity index (χ0n) is 13.1. The van der Waals surface area contributed by atoms with E-state index in [1.165, 1.54) is 17.0 Å². The number of rotatable bonds is 2. The fourth-order valence-electron chi connectivity index (χ4n) is 3.77. The van der Waals surface area contributed by atoms with Crippen LogP contribution in [0.25, 0.3) is 0 Å². The fraction of sp³-hybridized carbons (Fsp3) is 0.263. The fourth-order valence-corrected chi connectivity index (χ4v) is 3.77. The molecule has 1 aliphatic heterocycles. The third-order valence-corrected chi connectivity index (χ3v) is 4.88.